The first-order valence-corrected chi connectivity index (χ1v) is 14.4. The maximum atomic E-state index is 13.5. The summed E-state index contributed by atoms with van der Waals surface area (Å²) in [6, 6.07) is 1.30. The number of halogens is 4. The molecule has 2 amide bonds. The molecule has 4 heterocycles. The van der Waals surface area contributed by atoms with E-state index >= 15 is 0 Å². The van der Waals surface area contributed by atoms with Crippen LogP contribution in [0.25, 0.3) is 16.3 Å². The van der Waals surface area contributed by atoms with Gasteiger partial charge in [-0.3, -0.25) is 4.40 Å². The first-order valence-electron chi connectivity index (χ1n) is 11.7. The first-order chi connectivity index (χ1) is 17.9. The molecule has 0 unspecified atom stereocenters. The highest BCUT2D eigenvalue weighted by Crippen LogP contribution is 2.40. The summed E-state index contributed by atoms with van der Waals surface area (Å²) in [6.07, 6.45) is 0.380. The van der Waals surface area contributed by atoms with Gasteiger partial charge in [-0.15, -0.1) is 11.3 Å². The number of imidazole rings is 1. The van der Waals surface area contributed by atoms with E-state index in [1.54, 1.807) is 19.0 Å². The minimum atomic E-state index is -4.17. The van der Waals surface area contributed by atoms with Gasteiger partial charge < -0.3 is 14.7 Å². The number of fused-ring (bicyclic) bond motifs is 1. The highest BCUT2D eigenvalue weighted by Gasteiger charge is 2.46. The smallest absolute Gasteiger partial charge is 0.319 e. The molecule has 2 fully saturated rings. The Bertz CT molecular complexity index is 1480. The average Bonchev–Trinajstić information content (AvgIpc) is 3.31. The van der Waals surface area contributed by atoms with Gasteiger partial charge in [0.2, 0.25) is 10.0 Å². The van der Waals surface area contributed by atoms with Gasteiger partial charge in [0.1, 0.15) is 17.1 Å². The van der Waals surface area contributed by atoms with E-state index in [0.29, 0.717) is 50.2 Å². The molecule has 0 bridgehead atoms. The number of nitrogens with one attached hydrogen (secondary N) is 1. The summed E-state index contributed by atoms with van der Waals surface area (Å²) in [5, 5.41) is 0.175. The summed E-state index contributed by atoms with van der Waals surface area (Å²) in [6.45, 7) is 0.688. The molecule has 3 aromatic heterocycles. The van der Waals surface area contributed by atoms with Gasteiger partial charge in [-0.25, -0.2) is 41.1 Å². The second kappa shape index (κ2) is 9.84. The molecular weight excluding hydrogens is 567 g/mol. The number of hydrogen-bond donors (Lipinski definition) is 1. The van der Waals surface area contributed by atoms with Crippen molar-refractivity contribution in [2.24, 2.45) is 0 Å². The van der Waals surface area contributed by atoms with Crippen LogP contribution in [0.15, 0.2) is 23.4 Å². The first kappa shape index (κ1) is 27.0. The summed E-state index contributed by atoms with van der Waals surface area (Å²) in [4.78, 5) is 25.4. The Hall–Kier alpha value is -2.62. The van der Waals surface area contributed by atoms with Crippen molar-refractivity contribution in [1.82, 2.24) is 28.9 Å². The Morgan fingerprint density at radius 3 is 2.50 bits per heavy atom. The van der Waals surface area contributed by atoms with Crippen LogP contribution in [0.2, 0.25) is 5.15 Å². The minimum absolute atomic E-state index is 0.0370. The third kappa shape index (κ3) is 4.92. The Labute approximate surface area is 226 Å². The molecule has 1 N–H and O–H groups in total. The SMILES string of the molecule is CN(C)C(=O)N1CCN(c2cc(S(=O)(=O)NC3(CF)CC3)cn3c(-c4ncc(C(F)F)s4)nc(Cl)c23)CC1. The number of nitrogens with zero attached hydrogens (tertiary/aromatic N) is 6. The number of alkyl halides is 3. The number of piperazine rings is 1. The van der Waals surface area contributed by atoms with Crippen molar-refractivity contribution in [3.05, 3.63) is 28.5 Å². The molecule has 1 aliphatic heterocycles. The molecule has 1 saturated heterocycles. The quantitative estimate of drug-likeness (QED) is 0.450. The Balaban J connectivity index is 1.61. The molecular formula is C22H25ClF3N7O3S2. The number of aromatic nitrogens is 3. The normalized spacial score (nSPS) is 17.4. The average molecular weight is 592 g/mol. The molecule has 38 heavy (non-hydrogen) atoms. The number of urea groups is 1. The van der Waals surface area contributed by atoms with Crippen molar-refractivity contribution in [1.29, 1.82) is 0 Å². The molecule has 1 saturated carbocycles. The maximum absolute atomic E-state index is 13.5. The standard InChI is InChI=1S/C22H25ClF3N7O3S2/c1-30(2)21(34)32-7-5-31(6-8-32)14-9-13(38(35,36)29-22(12-24)3-4-22)11-33-16(14)17(23)28-19(33)20-27-10-15(37-20)18(25)26/h9-11,18,29H,3-8,12H2,1-2H3. The Morgan fingerprint density at radius 2 is 1.95 bits per heavy atom. The van der Waals surface area contributed by atoms with Crippen molar-refractivity contribution in [2.75, 3.05) is 51.8 Å². The molecule has 5 rings (SSSR count). The molecule has 0 aromatic carbocycles. The second-order valence-electron chi connectivity index (χ2n) is 9.54. The van der Waals surface area contributed by atoms with Gasteiger partial charge in [0.25, 0.3) is 6.43 Å². The molecule has 0 radical (unpaired) electrons. The molecule has 16 heteroatoms. The number of amides is 2. The largest absolute Gasteiger partial charge is 0.366 e. The molecule has 0 atom stereocenters. The van der Waals surface area contributed by atoms with Crippen LogP contribution in [-0.2, 0) is 10.0 Å². The summed E-state index contributed by atoms with van der Waals surface area (Å²) in [5.41, 5.74) is -0.319. The van der Waals surface area contributed by atoms with Crippen molar-refractivity contribution in [3.63, 3.8) is 0 Å². The molecule has 10 nitrogen and oxygen atoms in total. The van der Waals surface area contributed by atoms with E-state index in [1.807, 2.05) is 4.90 Å². The van der Waals surface area contributed by atoms with Crippen LogP contribution in [0.4, 0.5) is 23.7 Å². The van der Waals surface area contributed by atoms with Gasteiger partial charge in [0.15, 0.2) is 16.0 Å². The number of rotatable bonds is 7. The zero-order chi connectivity index (χ0) is 27.4. The lowest BCUT2D eigenvalue weighted by atomic mass is 10.2. The van der Waals surface area contributed by atoms with E-state index in [9.17, 15) is 26.4 Å². The number of carbonyl (C=O) groups excluding carboxylic acids is 1. The number of thiazole rings is 1. The molecule has 0 spiro atoms. The van der Waals surface area contributed by atoms with Gasteiger partial charge in [-0.1, -0.05) is 11.6 Å². The predicted molar refractivity (Wildman–Crippen MR) is 137 cm³/mol. The van der Waals surface area contributed by atoms with Crippen LogP contribution in [0.1, 0.15) is 24.1 Å². The second-order valence-corrected chi connectivity index (χ2v) is 12.6. The molecule has 206 valence electrons. The van der Waals surface area contributed by atoms with Crippen molar-refractivity contribution >= 4 is 50.2 Å². The Morgan fingerprint density at radius 1 is 1.26 bits per heavy atom. The van der Waals surface area contributed by atoms with E-state index in [4.69, 9.17) is 11.6 Å². The van der Waals surface area contributed by atoms with Crippen LogP contribution in [0.5, 0.6) is 0 Å². The number of anilines is 1. The number of sulfonamides is 1. The fourth-order valence-electron chi connectivity index (χ4n) is 4.34. The van der Waals surface area contributed by atoms with Crippen molar-refractivity contribution in [2.45, 2.75) is 29.7 Å². The predicted octanol–water partition coefficient (Wildman–Crippen LogP) is 3.63. The van der Waals surface area contributed by atoms with Crippen LogP contribution in [0, 0.1) is 0 Å². The highest BCUT2D eigenvalue weighted by molar-refractivity contribution is 7.89. The summed E-state index contributed by atoms with van der Waals surface area (Å²) >= 11 is 7.26. The number of carbonyl (C=O) groups is 1. The van der Waals surface area contributed by atoms with E-state index < -0.39 is 28.7 Å². The van der Waals surface area contributed by atoms with Gasteiger partial charge in [0.05, 0.1) is 16.1 Å². The van der Waals surface area contributed by atoms with E-state index in [2.05, 4.69) is 14.7 Å². The van der Waals surface area contributed by atoms with Crippen molar-refractivity contribution < 1.29 is 26.4 Å². The van der Waals surface area contributed by atoms with Crippen LogP contribution in [0.3, 0.4) is 0 Å². The summed E-state index contributed by atoms with van der Waals surface area (Å²) < 4.78 is 70.6. The zero-order valence-electron chi connectivity index (χ0n) is 20.5. The third-order valence-electron chi connectivity index (χ3n) is 6.62. The summed E-state index contributed by atoms with van der Waals surface area (Å²) in [7, 11) is -0.846. The lowest BCUT2D eigenvalue weighted by molar-refractivity contribution is 0.155. The lowest BCUT2D eigenvalue weighted by Crippen LogP contribution is -2.51. The molecule has 1 aliphatic carbocycles. The van der Waals surface area contributed by atoms with Crippen molar-refractivity contribution in [3.8, 4) is 10.8 Å². The molecule has 2 aliphatic rings. The van der Waals surface area contributed by atoms with E-state index in [0.717, 1.165) is 17.5 Å². The van der Waals surface area contributed by atoms with Gasteiger partial charge >= 0.3 is 6.03 Å². The highest BCUT2D eigenvalue weighted by atomic mass is 35.5. The topological polar surface area (TPSA) is 103 Å². The monoisotopic (exact) mass is 591 g/mol. The van der Waals surface area contributed by atoms with Crippen LogP contribution in [-0.4, -0.2) is 91.1 Å². The van der Waals surface area contributed by atoms with Crippen LogP contribution < -0.4 is 9.62 Å². The minimum Gasteiger partial charge on any atom is -0.366 e. The van der Waals surface area contributed by atoms with Gasteiger partial charge in [0, 0.05) is 52.7 Å². The van der Waals surface area contributed by atoms with E-state index in [-0.39, 0.29) is 31.8 Å². The zero-order valence-corrected chi connectivity index (χ0v) is 22.9. The summed E-state index contributed by atoms with van der Waals surface area (Å²) in [5.74, 6) is 0.105. The number of hydrogen-bond acceptors (Lipinski definition) is 7. The van der Waals surface area contributed by atoms with Gasteiger partial charge in [-0.2, -0.15) is 0 Å². The Kier molecular flexibility index (Phi) is 6.99. The fraction of sp³-hybridized carbons (Fsp3) is 0.500. The number of pyridine rings is 1. The lowest BCUT2D eigenvalue weighted by Gasteiger charge is -2.37. The van der Waals surface area contributed by atoms with E-state index in [1.165, 1.54) is 21.6 Å². The third-order valence-corrected chi connectivity index (χ3v) is 9.43. The fourth-order valence-corrected chi connectivity index (χ4v) is 6.82. The van der Waals surface area contributed by atoms with Crippen LogP contribution >= 0.6 is 22.9 Å². The maximum Gasteiger partial charge on any atom is 0.319 e. The van der Waals surface area contributed by atoms with Gasteiger partial charge in [-0.05, 0) is 18.9 Å². The molecule has 3 aromatic rings.